The lowest BCUT2D eigenvalue weighted by molar-refractivity contribution is -0.137. The van der Waals surface area contributed by atoms with Gasteiger partial charge in [-0.15, -0.1) is 0 Å². The fraction of sp³-hybridized carbons (Fsp3) is 0.0476. The average molecular weight is 352 g/mol. The molecule has 0 aliphatic carbocycles. The van der Waals surface area contributed by atoms with Gasteiger partial charge in [-0.3, -0.25) is 0 Å². The molecule has 26 heavy (non-hydrogen) atoms. The minimum absolute atomic E-state index is 0.645. The minimum Gasteiger partial charge on any atom is -0.397 e. The van der Waals surface area contributed by atoms with E-state index < -0.39 is 11.7 Å². The van der Waals surface area contributed by atoms with E-state index in [9.17, 15) is 13.2 Å². The minimum atomic E-state index is -4.32. The summed E-state index contributed by atoms with van der Waals surface area (Å²) in [6, 6.07) is 20.6. The van der Waals surface area contributed by atoms with E-state index in [1.807, 2.05) is 59.3 Å². The van der Waals surface area contributed by atoms with Crippen LogP contribution in [-0.2, 0) is 6.18 Å². The number of benzene rings is 3. The van der Waals surface area contributed by atoms with E-state index in [0.717, 1.165) is 39.8 Å². The van der Waals surface area contributed by atoms with Gasteiger partial charge >= 0.3 is 6.18 Å². The number of aromatic nitrogens is 1. The van der Waals surface area contributed by atoms with Crippen LogP contribution in [-0.4, -0.2) is 4.57 Å². The molecule has 3 aromatic carbocycles. The zero-order valence-corrected chi connectivity index (χ0v) is 13.7. The van der Waals surface area contributed by atoms with Gasteiger partial charge in [-0.25, -0.2) is 0 Å². The van der Waals surface area contributed by atoms with E-state index in [2.05, 4.69) is 0 Å². The fourth-order valence-corrected chi connectivity index (χ4v) is 3.09. The Hall–Kier alpha value is -3.21. The van der Waals surface area contributed by atoms with Crippen molar-refractivity contribution in [3.05, 3.63) is 84.6 Å². The molecule has 4 aromatic rings. The first-order valence-corrected chi connectivity index (χ1v) is 8.07. The highest BCUT2D eigenvalue weighted by atomic mass is 19.4. The van der Waals surface area contributed by atoms with Crippen molar-refractivity contribution >= 4 is 16.6 Å². The maximum absolute atomic E-state index is 12.7. The third kappa shape index (κ3) is 2.81. The number of hydrogen-bond acceptors (Lipinski definition) is 1. The predicted octanol–water partition coefficient (Wildman–Crippen LogP) is 5.90. The summed E-state index contributed by atoms with van der Waals surface area (Å²) in [6.07, 6.45) is -2.39. The molecule has 0 aliphatic rings. The topological polar surface area (TPSA) is 30.9 Å². The molecule has 0 saturated heterocycles. The molecule has 0 bridgehead atoms. The quantitative estimate of drug-likeness (QED) is 0.448. The molecule has 1 aromatic heterocycles. The number of fused-ring (bicyclic) bond motifs is 1. The van der Waals surface area contributed by atoms with Crippen molar-refractivity contribution in [2.75, 3.05) is 5.73 Å². The molecule has 2 N–H and O–H groups in total. The Labute approximate surface area is 148 Å². The molecule has 1 heterocycles. The molecule has 0 amide bonds. The number of para-hydroxylation sites is 2. The molecule has 0 fully saturated rings. The smallest absolute Gasteiger partial charge is 0.397 e. The van der Waals surface area contributed by atoms with Crippen LogP contribution in [0.4, 0.5) is 18.9 Å². The Morgan fingerprint density at radius 1 is 0.769 bits per heavy atom. The number of rotatable bonds is 2. The van der Waals surface area contributed by atoms with E-state index in [4.69, 9.17) is 5.73 Å². The monoisotopic (exact) mass is 352 g/mol. The molecule has 0 spiro atoms. The largest absolute Gasteiger partial charge is 0.416 e. The molecule has 130 valence electrons. The summed E-state index contributed by atoms with van der Waals surface area (Å²) in [5.41, 5.74) is 9.58. The Bertz CT molecular complexity index is 1080. The van der Waals surface area contributed by atoms with Gasteiger partial charge in [0.25, 0.3) is 0 Å². The number of alkyl halides is 3. The van der Waals surface area contributed by atoms with Crippen LogP contribution < -0.4 is 5.73 Å². The van der Waals surface area contributed by atoms with Crippen LogP contribution in [0.5, 0.6) is 0 Å². The molecule has 4 rings (SSSR count). The molecule has 0 atom stereocenters. The van der Waals surface area contributed by atoms with Crippen molar-refractivity contribution in [1.82, 2.24) is 4.57 Å². The van der Waals surface area contributed by atoms with E-state index in [1.54, 1.807) is 0 Å². The van der Waals surface area contributed by atoms with Crippen LogP contribution >= 0.6 is 0 Å². The van der Waals surface area contributed by atoms with Crippen molar-refractivity contribution < 1.29 is 13.2 Å². The van der Waals surface area contributed by atoms with Crippen molar-refractivity contribution in [3.63, 3.8) is 0 Å². The molecular formula is C21H15F3N2. The van der Waals surface area contributed by atoms with Gasteiger partial charge in [-0.05, 0) is 53.6 Å². The van der Waals surface area contributed by atoms with Crippen LogP contribution in [0.2, 0.25) is 0 Å². The highest BCUT2D eigenvalue weighted by Crippen LogP contribution is 2.32. The summed E-state index contributed by atoms with van der Waals surface area (Å²) in [5.74, 6) is 0. The van der Waals surface area contributed by atoms with Crippen LogP contribution in [0.15, 0.2) is 79.0 Å². The van der Waals surface area contributed by atoms with Gasteiger partial charge in [-0.2, -0.15) is 13.2 Å². The van der Waals surface area contributed by atoms with E-state index >= 15 is 0 Å². The SMILES string of the molecule is Nc1ccccc1-n1ccc2cc(-c3ccc(C(F)(F)F)cc3)ccc21. The van der Waals surface area contributed by atoms with Gasteiger partial charge in [0.05, 0.1) is 22.5 Å². The average Bonchev–Trinajstić information content (AvgIpc) is 3.04. The molecule has 0 saturated carbocycles. The first-order chi connectivity index (χ1) is 12.4. The van der Waals surface area contributed by atoms with Crippen LogP contribution in [0, 0.1) is 0 Å². The zero-order chi connectivity index (χ0) is 18.3. The van der Waals surface area contributed by atoms with Crippen molar-refractivity contribution in [2.45, 2.75) is 6.18 Å². The predicted molar refractivity (Wildman–Crippen MR) is 98.1 cm³/mol. The Morgan fingerprint density at radius 3 is 2.15 bits per heavy atom. The maximum atomic E-state index is 12.7. The van der Waals surface area contributed by atoms with E-state index in [0.29, 0.717) is 5.69 Å². The lowest BCUT2D eigenvalue weighted by Gasteiger charge is -2.10. The van der Waals surface area contributed by atoms with Gasteiger partial charge in [-0.1, -0.05) is 30.3 Å². The van der Waals surface area contributed by atoms with Crippen LogP contribution in [0.1, 0.15) is 5.56 Å². The highest BCUT2D eigenvalue weighted by molar-refractivity contribution is 5.87. The highest BCUT2D eigenvalue weighted by Gasteiger charge is 2.29. The summed E-state index contributed by atoms with van der Waals surface area (Å²) >= 11 is 0. The van der Waals surface area contributed by atoms with Gasteiger partial charge in [0, 0.05) is 11.6 Å². The molecule has 5 heteroatoms. The second-order valence-corrected chi connectivity index (χ2v) is 6.09. The molecule has 0 radical (unpaired) electrons. The van der Waals surface area contributed by atoms with Crippen molar-refractivity contribution in [3.8, 4) is 16.8 Å². The zero-order valence-electron chi connectivity index (χ0n) is 13.7. The normalized spacial score (nSPS) is 11.8. The molecule has 0 unspecified atom stereocenters. The lowest BCUT2D eigenvalue weighted by atomic mass is 10.0. The van der Waals surface area contributed by atoms with Gasteiger partial charge in [0.2, 0.25) is 0 Å². The van der Waals surface area contributed by atoms with Gasteiger partial charge in [0.15, 0.2) is 0 Å². The summed E-state index contributed by atoms with van der Waals surface area (Å²) in [7, 11) is 0. The second-order valence-electron chi connectivity index (χ2n) is 6.09. The standard InChI is InChI=1S/C21H15F3N2/c22-21(23,24)17-8-5-14(6-9-17)15-7-10-19-16(13-15)11-12-26(19)20-4-2-1-3-18(20)25/h1-13H,25H2. The second kappa shape index (κ2) is 5.95. The number of hydrogen-bond donors (Lipinski definition) is 1. The Kier molecular flexibility index (Phi) is 3.72. The number of halogens is 3. The van der Waals surface area contributed by atoms with Gasteiger partial charge < -0.3 is 10.3 Å². The van der Waals surface area contributed by atoms with Crippen molar-refractivity contribution in [1.29, 1.82) is 0 Å². The number of nitrogens with two attached hydrogens (primary N) is 1. The van der Waals surface area contributed by atoms with Gasteiger partial charge in [0.1, 0.15) is 0 Å². The first kappa shape index (κ1) is 16.3. The summed E-state index contributed by atoms with van der Waals surface area (Å²) in [6.45, 7) is 0. The van der Waals surface area contributed by atoms with E-state index in [1.165, 1.54) is 12.1 Å². The number of anilines is 1. The first-order valence-electron chi connectivity index (χ1n) is 8.07. The molecular weight excluding hydrogens is 337 g/mol. The summed E-state index contributed by atoms with van der Waals surface area (Å²) in [5, 5.41) is 0.991. The third-order valence-corrected chi connectivity index (χ3v) is 4.43. The fourth-order valence-electron chi connectivity index (χ4n) is 3.09. The summed E-state index contributed by atoms with van der Waals surface area (Å²) < 4.78 is 40.1. The van der Waals surface area contributed by atoms with Crippen molar-refractivity contribution in [2.24, 2.45) is 0 Å². The number of nitrogen functional groups attached to an aromatic ring is 1. The lowest BCUT2D eigenvalue weighted by Crippen LogP contribution is -2.03. The third-order valence-electron chi connectivity index (χ3n) is 4.43. The Morgan fingerprint density at radius 2 is 1.46 bits per heavy atom. The summed E-state index contributed by atoms with van der Waals surface area (Å²) in [4.78, 5) is 0. The molecule has 0 aliphatic heterocycles. The Balaban J connectivity index is 1.75. The van der Waals surface area contributed by atoms with E-state index in [-0.39, 0.29) is 0 Å². The van der Waals surface area contributed by atoms with Crippen LogP contribution in [0.25, 0.3) is 27.7 Å². The van der Waals surface area contributed by atoms with Crippen LogP contribution in [0.3, 0.4) is 0 Å². The maximum Gasteiger partial charge on any atom is 0.416 e. The molecule has 2 nitrogen and oxygen atoms in total. The number of nitrogens with zero attached hydrogens (tertiary/aromatic N) is 1.